The number of aliphatic carboxylic acids is 2. The number of methoxy groups -OCH3 is 2. The Hall–Kier alpha value is -4.11. The highest BCUT2D eigenvalue weighted by Crippen LogP contribution is 2.31. The zero-order valence-corrected chi connectivity index (χ0v) is 19.6. The van der Waals surface area contributed by atoms with E-state index in [1.165, 1.54) is 0 Å². The van der Waals surface area contributed by atoms with E-state index in [0.717, 1.165) is 53.0 Å². The molecule has 3 aromatic rings. The van der Waals surface area contributed by atoms with Gasteiger partial charge in [-0.15, -0.1) is 0 Å². The molecule has 1 aliphatic rings. The third-order valence-corrected chi connectivity index (χ3v) is 5.74. The van der Waals surface area contributed by atoms with Crippen molar-refractivity contribution in [2.24, 2.45) is 0 Å². The summed E-state index contributed by atoms with van der Waals surface area (Å²) >= 11 is 0. The number of ether oxygens (including phenoxy) is 2. The third kappa shape index (κ3) is 6.27. The van der Waals surface area contributed by atoms with Gasteiger partial charge in [0.15, 0.2) is 11.5 Å². The number of nitrogens with zero attached hydrogens (tertiary/aromatic N) is 2. The summed E-state index contributed by atoms with van der Waals surface area (Å²) in [5.41, 5.74) is 1.88. The van der Waals surface area contributed by atoms with E-state index < -0.39 is 11.9 Å². The Kier molecular flexibility index (Phi) is 8.63. The quantitative estimate of drug-likeness (QED) is 0.536. The molecule has 1 aliphatic heterocycles. The molecule has 9 heteroatoms. The zero-order valence-electron chi connectivity index (χ0n) is 19.6. The first kappa shape index (κ1) is 25.5. The Bertz CT molecular complexity index is 1190. The number of fused-ring (bicyclic) bond motifs is 1. The van der Waals surface area contributed by atoms with E-state index in [4.69, 9.17) is 29.3 Å². The molecule has 1 amide bonds. The van der Waals surface area contributed by atoms with Crippen LogP contribution in [0.15, 0.2) is 60.7 Å². The standard InChI is InChI=1S/C24H26N2O3.C2H2O4/c1-28-22-12-6-9-19(23(22)29-2)17-25-13-15-26(16-14-25)24(27)21-11-5-8-18-7-3-4-10-20(18)21;3-1(4)2(5)6/h3-12H,13-17H2,1-2H3;(H,3,4)(H,5,6). The number of hydrogen-bond acceptors (Lipinski definition) is 6. The number of piperazine rings is 1. The van der Waals surface area contributed by atoms with Crippen LogP contribution in [0, 0.1) is 0 Å². The normalized spacial score (nSPS) is 13.5. The monoisotopic (exact) mass is 480 g/mol. The van der Waals surface area contributed by atoms with Crippen molar-refractivity contribution in [3.8, 4) is 11.5 Å². The van der Waals surface area contributed by atoms with Crippen molar-refractivity contribution in [1.29, 1.82) is 0 Å². The van der Waals surface area contributed by atoms with Crippen molar-refractivity contribution >= 4 is 28.6 Å². The van der Waals surface area contributed by atoms with E-state index in [9.17, 15) is 4.79 Å². The van der Waals surface area contributed by atoms with E-state index >= 15 is 0 Å². The number of carbonyl (C=O) groups is 3. The van der Waals surface area contributed by atoms with E-state index in [0.29, 0.717) is 13.1 Å². The van der Waals surface area contributed by atoms with Gasteiger partial charge < -0.3 is 24.6 Å². The lowest BCUT2D eigenvalue weighted by Crippen LogP contribution is -2.48. The topological polar surface area (TPSA) is 117 Å². The van der Waals surface area contributed by atoms with Gasteiger partial charge in [-0.1, -0.05) is 48.5 Å². The second-order valence-corrected chi connectivity index (χ2v) is 7.86. The van der Waals surface area contributed by atoms with Crippen LogP contribution in [-0.2, 0) is 16.1 Å². The first-order chi connectivity index (χ1) is 16.8. The molecule has 0 atom stereocenters. The van der Waals surface area contributed by atoms with Crippen LogP contribution in [0.1, 0.15) is 15.9 Å². The summed E-state index contributed by atoms with van der Waals surface area (Å²) in [5, 5.41) is 16.9. The van der Waals surface area contributed by atoms with Crippen LogP contribution in [0.4, 0.5) is 0 Å². The maximum absolute atomic E-state index is 13.1. The van der Waals surface area contributed by atoms with Gasteiger partial charge in [0, 0.05) is 43.9 Å². The Labute approximate surface area is 203 Å². The van der Waals surface area contributed by atoms with Crippen LogP contribution in [0.3, 0.4) is 0 Å². The average Bonchev–Trinajstić information content (AvgIpc) is 2.88. The van der Waals surface area contributed by atoms with Crippen LogP contribution < -0.4 is 9.47 Å². The molecule has 2 N–H and O–H groups in total. The predicted molar refractivity (Wildman–Crippen MR) is 130 cm³/mol. The summed E-state index contributed by atoms with van der Waals surface area (Å²) in [6, 6.07) is 19.9. The van der Waals surface area contributed by atoms with Gasteiger partial charge in [0.25, 0.3) is 5.91 Å². The summed E-state index contributed by atoms with van der Waals surface area (Å²) in [6.07, 6.45) is 0. The minimum absolute atomic E-state index is 0.111. The van der Waals surface area contributed by atoms with Crippen LogP contribution in [-0.4, -0.2) is 78.3 Å². The SMILES string of the molecule is COc1cccc(CN2CCN(C(=O)c3cccc4ccccc34)CC2)c1OC.O=C(O)C(=O)O. The van der Waals surface area contributed by atoms with Crippen LogP contribution in [0.5, 0.6) is 11.5 Å². The van der Waals surface area contributed by atoms with Crippen LogP contribution in [0.25, 0.3) is 10.8 Å². The average molecular weight is 481 g/mol. The number of benzene rings is 3. The molecule has 0 aromatic heterocycles. The van der Waals surface area contributed by atoms with Crippen molar-refractivity contribution in [3.05, 3.63) is 71.8 Å². The second kappa shape index (κ2) is 11.8. The molecule has 0 saturated carbocycles. The van der Waals surface area contributed by atoms with E-state index in [2.05, 4.69) is 11.0 Å². The van der Waals surface area contributed by atoms with Crippen molar-refractivity contribution < 1.29 is 34.1 Å². The number of carbonyl (C=O) groups excluding carboxylic acids is 1. The van der Waals surface area contributed by atoms with E-state index in [1.54, 1.807) is 14.2 Å². The molecule has 184 valence electrons. The first-order valence-corrected chi connectivity index (χ1v) is 11.0. The fraction of sp³-hybridized carbons (Fsp3) is 0.269. The zero-order chi connectivity index (χ0) is 25.4. The van der Waals surface area contributed by atoms with Gasteiger partial charge in [0.1, 0.15) is 0 Å². The number of amides is 1. The molecule has 9 nitrogen and oxygen atoms in total. The summed E-state index contributed by atoms with van der Waals surface area (Å²) in [7, 11) is 3.32. The van der Waals surface area contributed by atoms with Gasteiger partial charge >= 0.3 is 11.9 Å². The summed E-state index contributed by atoms with van der Waals surface area (Å²) in [6.45, 7) is 3.87. The Morgan fingerprint density at radius 1 is 0.800 bits per heavy atom. The van der Waals surface area contributed by atoms with Crippen molar-refractivity contribution in [3.63, 3.8) is 0 Å². The van der Waals surface area contributed by atoms with E-state index in [-0.39, 0.29) is 5.91 Å². The Balaban J connectivity index is 0.000000509. The predicted octanol–water partition coefficient (Wildman–Crippen LogP) is 2.97. The Morgan fingerprint density at radius 3 is 2.06 bits per heavy atom. The molecule has 0 radical (unpaired) electrons. The number of rotatable bonds is 5. The van der Waals surface area contributed by atoms with Gasteiger partial charge in [0.05, 0.1) is 14.2 Å². The molecule has 0 unspecified atom stereocenters. The lowest BCUT2D eigenvalue weighted by atomic mass is 10.0. The van der Waals surface area contributed by atoms with Gasteiger partial charge in [-0.3, -0.25) is 9.69 Å². The van der Waals surface area contributed by atoms with E-state index in [1.807, 2.05) is 59.5 Å². The van der Waals surface area contributed by atoms with Gasteiger partial charge in [-0.25, -0.2) is 9.59 Å². The molecule has 4 rings (SSSR count). The minimum atomic E-state index is -1.82. The first-order valence-electron chi connectivity index (χ1n) is 11.0. The molecule has 3 aromatic carbocycles. The third-order valence-electron chi connectivity index (χ3n) is 5.74. The number of carboxylic acids is 2. The molecule has 35 heavy (non-hydrogen) atoms. The summed E-state index contributed by atoms with van der Waals surface area (Å²) in [4.78, 5) is 35.6. The van der Waals surface area contributed by atoms with Crippen LogP contribution in [0.2, 0.25) is 0 Å². The highest BCUT2D eigenvalue weighted by atomic mass is 16.5. The molecule has 1 heterocycles. The molecule has 1 saturated heterocycles. The number of carboxylic acid groups (broad SMARTS) is 2. The minimum Gasteiger partial charge on any atom is -0.493 e. The fourth-order valence-electron chi connectivity index (χ4n) is 4.01. The van der Waals surface area contributed by atoms with Crippen molar-refractivity contribution in [2.75, 3.05) is 40.4 Å². The Morgan fingerprint density at radius 2 is 1.43 bits per heavy atom. The fourth-order valence-corrected chi connectivity index (χ4v) is 4.01. The second-order valence-electron chi connectivity index (χ2n) is 7.86. The summed E-state index contributed by atoms with van der Waals surface area (Å²) in [5.74, 6) is -2.01. The maximum atomic E-state index is 13.1. The summed E-state index contributed by atoms with van der Waals surface area (Å²) < 4.78 is 11.0. The molecule has 0 spiro atoms. The maximum Gasteiger partial charge on any atom is 0.414 e. The lowest BCUT2D eigenvalue weighted by Gasteiger charge is -2.35. The lowest BCUT2D eigenvalue weighted by molar-refractivity contribution is -0.159. The highest BCUT2D eigenvalue weighted by molar-refractivity contribution is 6.27. The van der Waals surface area contributed by atoms with Crippen molar-refractivity contribution in [2.45, 2.75) is 6.54 Å². The molecular weight excluding hydrogens is 452 g/mol. The van der Waals surface area contributed by atoms with Gasteiger partial charge in [-0.2, -0.15) is 0 Å². The van der Waals surface area contributed by atoms with Gasteiger partial charge in [-0.05, 0) is 22.9 Å². The molecular formula is C26H28N2O7. The van der Waals surface area contributed by atoms with Gasteiger partial charge in [0.2, 0.25) is 0 Å². The molecule has 0 aliphatic carbocycles. The smallest absolute Gasteiger partial charge is 0.414 e. The molecule has 1 fully saturated rings. The number of hydrogen-bond donors (Lipinski definition) is 2. The van der Waals surface area contributed by atoms with Crippen LogP contribution >= 0.6 is 0 Å². The molecule has 0 bridgehead atoms. The largest absolute Gasteiger partial charge is 0.493 e. The highest BCUT2D eigenvalue weighted by Gasteiger charge is 2.24. The number of para-hydroxylation sites is 1. The van der Waals surface area contributed by atoms with Crippen molar-refractivity contribution in [1.82, 2.24) is 9.80 Å².